The zero-order valence-electron chi connectivity index (χ0n) is 15.3. The molecule has 28 heavy (non-hydrogen) atoms. The monoisotopic (exact) mass is 423 g/mol. The van der Waals surface area contributed by atoms with Gasteiger partial charge in [-0.1, -0.05) is 17.7 Å². The Hall–Kier alpha value is -2.26. The Morgan fingerprint density at radius 2 is 1.96 bits per heavy atom. The molecule has 1 aromatic carbocycles. The maximum atomic E-state index is 12.7. The summed E-state index contributed by atoms with van der Waals surface area (Å²) < 4.78 is 25.1. The third-order valence-corrected chi connectivity index (χ3v) is 7.19. The second-order valence-corrected chi connectivity index (χ2v) is 9.77. The minimum absolute atomic E-state index is 0.0653. The van der Waals surface area contributed by atoms with Crippen molar-refractivity contribution < 1.29 is 13.2 Å². The van der Waals surface area contributed by atoms with Crippen LogP contribution < -0.4 is 10.2 Å². The van der Waals surface area contributed by atoms with Crippen LogP contribution in [0, 0.1) is 0 Å². The summed E-state index contributed by atoms with van der Waals surface area (Å²) in [6, 6.07) is 8.96. The molecule has 0 saturated carbocycles. The highest BCUT2D eigenvalue weighted by Gasteiger charge is 2.31. The Morgan fingerprint density at radius 3 is 2.64 bits per heavy atom. The average Bonchev–Trinajstić information content (AvgIpc) is 3.27. The Morgan fingerprint density at radius 1 is 1.18 bits per heavy atom. The molecule has 1 aromatic heterocycles. The Balaban J connectivity index is 1.36. The molecule has 2 aliphatic heterocycles. The van der Waals surface area contributed by atoms with E-state index in [1.54, 1.807) is 21.8 Å². The molecule has 150 valence electrons. The van der Waals surface area contributed by atoms with Gasteiger partial charge in [-0.15, -0.1) is 0 Å². The molecule has 10 heteroatoms. The molecule has 1 N–H and O–H groups in total. The first-order valence-corrected chi connectivity index (χ1v) is 11.4. The molecule has 1 unspecified atom stereocenters. The minimum Gasteiger partial charge on any atom is -0.368 e. The number of anilines is 2. The minimum atomic E-state index is -3.02. The molecule has 1 atom stereocenters. The Labute approximate surface area is 169 Å². The van der Waals surface area contributed by atoms with E-state index in [4.69, 9.17) is 11.6 Å². The van der Waals surface area contributed by atoms with Crippen molar-refractivity contribution in [2.45, 2.75) is 12.5 Å². The number of rotatable bonds is 3. The normalized spacial score (nSPS) is 21.7. The molecule has 0 radical (unpaired) electrons. The molecule has 2 amide bonds. The standard InChI is InChI=1S/C18H22ClN5O3S/c19-14-2-1-3-15(12-14)22-7-9-23(10-8-22)18(25)21-17-4-6-20-24(17)16-5-11-28(26,27)13-16/h1-4,6,12,16H,5,7-11,13H2,(H,21,25). The predicted octanol–water partition coefficient (Wildman–Crippen LogP) is 2.25. The number of hydrogen-bond acceptors (Lipinski definition) is 5. The zero-order chi connectivity index (χ0) is 19.7. The summed E-state index contributed by atoms with van der Waals surface area (Å²) >= 11 is 6.06. The topological polar surface area (TPSA) is 87.5 Å². The van der Waals surface area contributed by atoms with Gasteiger partial charge in [0.2, 0.25) is 0 Å². The molecule has 8 nitrogen and oxygen atoms in total. The molecule has 2 aromatic rings. The van der Waals surface area contributed by atoms with Crippen LogP contribution in [-0.2, 0) is 9.84 Å². The number of halogens is 1. The van der Waals surface area contributed by atoms with Gasteiger partial charge in [0, 0.05) is 43.0 Å². The number of hydrogen-bond donors (Lipinski definition) is 1. The second-order valence-electron chi connectivity index (χ2n) is 7.10. The highest BCUT2D eigenvalue weighted by Crippen LogP contribution is 2.26. The molecule has 4 rings (SSSR count). The van der Waals surface area contributed by atoms with E-state index in [1.807, 2.05) is 24.3 Å². The number of piperazine rings is 1. The first-order chi connectivity index (χ1) is 13.4. The van der Waals surface area contributed by atoms with Crippen LogP contribution >= 0.6 is 11.6 Å². The molecular formula is C18H22ClN5O3S. The van der Waals surface area contributed by atoms with Crippen LogP contribution in [0.1, 0.15) is 12.5 Å². The van der Waals surface area contributed by atoms with E-state index in [1.165, 1.54) is 0 Å². The molecule has 3 heterocycles. The molecule has 2 aliphatic rings. The van der Waals surface area contributed by atoms with Gasteiger partial charge >= 0.3 is 6.03 Å². The van der Waals surface area contributed by atoms with Gasteiger partial charge in [0.05, 0.1) is 23.7 Å². The largest absolute Gasteiger partial charge is 0.368 e. The summed E-state index contributed by atoms with van der Waals surface area (Å²) in [5.41, 5.74) is 1.05. The quantitative estimate of drug-likeness (QED) is 0.818. The average molecular weight is 424 g/mol. The van der Waals surface area contributed by atoms with Crippen molar-refractivity contribution in [2.75, 3.05) is 47.9 Å². The van der Waals surface area contributed by atoms with Crippen molar-refractivity contribution in [3.05, 3.63) is 41.6 Å². The smallest absolute Gasteiger partial charge is 0.323 e. The van der Waals surface area contributed by atoms with E-state index >= 15 is 0 Å². The number of carbonyl (C=O) groups excluding carboxylic acids is 1. The number of sulfone groups is 1. The number of aromatic nitrogens is 2. The van der Waals surface area contributed by atoms with E-state index in [9.17, 15) is 13.2 Å². The van der Waals surface area contributed by atoms with Gasteiger partial charge in [-0.3, -0.25) is 5.32 Å². The number of carbonyl (C=O) groups is 1. The van der Waals surface area contributed by atoms with Gasteiger partial charge in [0.25, 0.3) is 0 Å². The van der Waals surface area contributed by atoms with Crippen molar-refractivity contribution in [3.8, 4) is 0 Å². The Kier molecular flexibility index (Phi) is 5.20. The summed E-state index contributed by atoms with van der Waals surface area (Å²) in [6.45, 7) is 2.61. The fraction of sp³-hybridized carbons (Fsp3) is 0.444. The number of nitrogens with one attached hydrogen (secondary N) is 1. The predicted molar refractivity (Wildman–Crippen MR) is 109 cm³/mol. The molecule has 2 saturated heterocycles. The summed E-state index contributed by atoms with van der Waals surface area (Å²) in [4.78, 5) is 16.6. The van der Waals surface area contributed by atoms with Crippen LogP contribution in [0.3, 0.4) is 0 Å². The van der Waals surface area contributed by atoms with Crippen molar-refractivity contribution in [2.24, 2.45) is 0 Å². The van der Waals surface area contributed by atoms with Gasteiger partial charge in [0.1, 0.15) is 5.82 Å². The maximum absolute atomic E-state index is 12.7. The van der Waals surface area contributed by atoms with Crippen LogP contribution in [0.15, 0.2) is 36.5 Å². The highest BCUT2D eigenvalue weighted by molar-refractivity contribution is 7.91. The van der Waals surface area contributed by atoms with E-state index < -0.39 is 9.84 Å². The third-order valence-electron chi connectivity index (χ3n) is 5.20. The molecule has 0 bridgehead atoms. The lowest BCUT2D eigenvalue weighted by Crippen LogP contribution is -2.50. The lowest BCUT2D eigenvalue weighted by molar-refractivity contribution is 0.208. The van der Waals surface area contributed by atoms with Gasteiger partial charge < -0.3 is 9.80 Å². The summed E-state index contributed by atoms with van der Waals surface area (Å²) in [5, 5.41) is 7.80. The van der Waals surface area contributed by atoms with Crippen LogP contribution in [0.5, 0.6) is 0 Å². The molecule has 0 aliphatic carbocycles. The molecular weight excluding hydrogens is 402 g/mol. The summed E-state index contributed by atoms with van der Waals surface area (Å²) in [7, 11) is -3.02. The van der Waals surface area contributed by atoms with Gasteiger partial charge in [0.15, 0.2) is 9.84 Å². The van der Waals surface area contributed by atoms with Crippen LogP contribution in [-0.4, -0.2) is 66.8 Å². The number of benzene rings is 1. The van der Waals surface area contributed by atoms with Gasteiger partial charge in [-0.2, -0.15) is 5.10 Å². The fourth-order valence-electron chi connectivity index (χ4n) is 3.70. The SMILES string of the molecule is O=C(Nc1ccnn1C1CCS(=O)(=O)C1)N1CCN(c2cccc(Cl)c2)CC1. The van der Waals surface area contributed by atoms with Gasteiger partial charge in [-0.05, 0) is 24.6 Å². The molecule has 2 fully saturated rings. The molecule has 0 spiro atoms. The first kappa shape index (κ1) is 19.1. The van der Waals surface area contributed by atoms with Crippen molar-refractivity contribution in [3.63, 3.8) is 0 Å². The van der Waals surface area contributed by atoms with Gasteiger partial charge in [-0.25, -0.2) is 17.9 Å². The van der Waals surface area contributed by atoms with Crippen molar-refractivity contribution >= 4 is 39.0 Å². The van der Waals surface area contributed by atoms with E-state index in [0.29, 0.717) is 43.4 Å². The van der Waals surface area contributed by atoms with Crippen molar-refractivity contribution in [1.29, 1.82) is 0 Å². The highest BCUT2D eigenvalue weighted by atomic mass is 35.5. The summed E-state index contributed by atoms with van der Waals surface area (Å²) in [5.74, 6) is 0.760. The lowest BCUT2D eigenvalue weighted by Gasteiger charge is -2.36. The number of urea groups is 1. The van der Waals surface area contributed by atoms with E-state index in [0.717, 1.165) is 5.69 Å². The van der Waals surface area contributed by atoms with Crippen LogP contribution in [0.2, 0.25) is 5.02 Å². The third kappa shape index (κ3) is 4.10. The van der Waals surface area contributed by atoms with Crippen LogP contribution in [0.4, 0.5) is 16.3 Å². The number of nitrogens with zero attached hydrogens (tertiary/aromatic N) is 4. The second kappa shape index (κ2) is 7.63. The summed E-state index contributed by atoms with van der Waals surface area (Å²) in [6.07, 6.45) is 2.10. The van der Waals surface area contributed by atoms with E-state index in [2.05, 4.69) is 15.3 Å². The fourth-order valence-corrected chi connectivity index (χ4v) is 5.58. The lowest BCUT2D eigenvalue weighted by atomic mass is 10.2. The van der Waals surface area contributed by atoms with Crippen molar-refractivity contribution in [1.82, 2.24) is 14.7 Å². The first-order valence-electron chi connectivity index (χ1n) is 9.22. The zero-order valence-corrected chi connectivity index (χ0v) is 16.9. The number of amides is 2. The maximum Gasteiger partial charge on any atom is 0.323 e. The Bertz CT molecular complexity index is 969. The van der Waals surface area contributed by atoms with Crippen LogP contribution in [0.25, 0.3) is 0 Å². The van der Waals surface area contributed by atoms with E-state index in [-0.39, 0.29) is 23.6 Å².